The van der Waals surface area contributed by atoms with Crippen LogP contribution in [0.3, 0.4) is 0 Å². The van der Waals surface area contributed by atoms with Crippen molar-refractivity contribution in [1.82, 2.24) is 0 Å². The molecule has 4 heteroatoms. The summed E-state index contributed by atoms with van der Waals surface area (Å²) in [7, 11) is -0.535. The molecule has 0 heterocycles. The second kappa shape index (κ2) is 33.5. The highest BCUT2D eigenvalue weighted by Gasteiger charge is 2.61. The van der Waals surface area contributed by atoms with Gasteiger partial charge < -0.3 is 9.47 Å². The molecule has 652 valence electrons. The van der Waals surface area contributed by atoms with Crippen LogP contribution in [0.15, 0.2) is 179 Å². The first kappa shape index (κ1) is 91.4. The Bertz CT molecular complexity index is 5520. The lowest BCUT2D eigenvalue weighted by Gasteiger charge is -2.48. The Morgan fingerprint density at radius 1 is 0.382 bits per heavy atom. The van der Waals surface area contributed by atoms with E-state index in [4.69, 9.17) is 9.47 Å². The van der Waals surface area contributed by atoms with Crippen molar-refractivity contribution in [2.24, 2.45) is 40.9 Å². The van der Waals surface area contributed by atoms with Crippen LogP contribution in [0.4, 0.5) is 0 Å². The van der Waals surface area contributed by atoms with Gasteiger partial charge in [-0.05, 0) is 300 Å². The second-order valence-corrected chi connectivity index (χ2v) is 57.0. The number of allylic oxidation sites excluding steroid dienone is 9. The van der Waals surface area contributed by atoms with E-state index in [1.165, 1.54) is 184 Å². The van der Waals surface area contributed by atoms with Crippen molar-refractivity contribution in [1.29, 1.82) is 0 Å². The molecule has 10 unspecified atom stereocenters. The summed E-state index contributed by atoms with van der Waals surface area (Å²) in [5, 5.41) is 0. The fourth-order valence-electron chi connectivity index (χ4n) is 25.9. The largest absolute Gasteiger partial charge is 0.496 e. The third-order valence-corrected chi connectivity index (χ3v) is 40.5. The third-order valence-electron chi connectivity index (χ3n) is 30.7. The Morgan fingerprint density at radius 2 is 0.789 bits per heavy atom. The van der Waals surface area contributed by atoms with E-state index in [1.807, 2.05) is 14.2 Å². The molecule has 0 amide bonds. The van der Waals surface area contributed by atoms with Gasteiger partial charge in [-0.1, -0.05) is 376 Å². The number of ether oxygens (including phenoxy) is 2. The van der Waals surface area contributed by atoms with Gasteiger partial charge in [-0.25, -0.2) is 0 Å². The van der Waals surface area contributed by atoms with Crippen LogP contribution in [-0.2, 0) is 44.7 Å². The summed E-state index contributed by atoms with van der Waals surface area (Å²) in [4.78, 5) is 0. The number of benzene rings is 8. The van der Waals surface area contributed by atoms with E-state index in [9.17, 15) is 0 Å². The van der Waals surface area contributed by atoms with Crippen LogP contribution in [0.5, 0.6) is 5.75 Å². The molecule has 0 spiro atoms. The minimum atomic E-state index is -2.29. The molecule has 8 aliphatic carbocycles. The van der Waals surface area contributed by atoms with Crippen molar-refractivity contribution in [3.63, 3.8) is 0 Å². The van der Waals surface area contributed by atoms with Gasteiger partial charge in [-0.2, -0.15) is 0 Å². The highest BCUT2D eigenvalue weighted by atomic mass is 28.3. The predicted molar refractivity (Wildman–Crippen MR) is 541 cm³/mol. The Balaban J connectivity index is 0.000000194. The minimum absolute atomic E-state index is 0.0183. The highest BCUT2D eigenvalue weighted by Crippen LogP contribution is 2.71. The molecule has 10 atom stereocenters. The van der Waals surface area contributed by atoms with E-state index in [0.717, 1.165) is 24.4 Å². The summed E-state index contributed by atoms with van der Waals surface area (Å²) in [6.07, 6.45) is 18.9. The maximum atomic E-state index is 6.55. The van der Waals surface area contributed by atoms with Gasteiger partial charge in [0.1, 0.15) is 11.5 Å². The monoisotopic (exact) mass is 1670 g/mol. The predicted octanol–water partition coefficient (Wildman–Crippen LogP) is 33.9. The first-order chi connectivity index (χ1) is 57.4. The van der Waals surface area contributed by atoms with Crippen LogP contribution < -0.4 is 4.74 Å². The topological polar surface area (TPSA) is 18.5 Å². The lowest BCUT2D eigenvalue weighted by molar-refractivity contribution is 0.274. The van der Waals surface area contributed by atoms with Gasteiger partial charge >= 0.3 is 0 Å². The number of methoxy groups -OCH3 is 2. The van der Waals surface area contributed by atoms with E-state index in [-0.39, 0.29) is 32.5 Å². The quantitative estimate of drug-likeness (QED) is 0.114. The van der Waals surface area contributed by atoms with Crippen molar-refractivity contribution in [3.8, 4) is 39.1 Å². The zero-order chi connectivity index (χ0) is 89.6. The molecule has 0 saturated heterocycles. The molecule has 8 aliphatic rings. The molecule has 0 aromatic heterocycles. The standard InChI is InChI=1S/C58H78OSi.C58H70OSi.C3H8/c2*1-34-28-35(2)30-40(29-34)51-45-31-36(3)54(46(45)33-48(53(51)59-14)58(11,12)13)60(15,16)55-37(4)32-47-49(38-20-24-41(25-21-38)56(5,6)7)43-18-17-19-44(43)50(52(47)55)39-22-26-42(27-23-39)57(8,9)10;1-3-2/h20-30,33,36-37,45-47,52,54-55H,17-19,31-32H2,1-16H3;20-33,54-55H,17-19H2,1-16H3;3H2,1-2H3. The van der Waals surface area contributed by atoms with Crippen LogP contribution in [0.25, 0.3) is 62.3 Å². The maximum absolute atomic E-state index is 6.55. The number of hydrogen-bond donors (Lipinski definition) is 0. The number of fused-ring (bicyclic) bond motifs is 6. The maximum Gasteiger partial charge on any atom is 0.131 e. The molecule has 3 fully saturated rings. The first-order valence-electron chi connectivity index (χ1n) is 47.9. The lowest BCUT2D eigenvalue weighted by Crippen LogP contribution is -2.46. The van der Waals surface area contributed by atoms with Gasteiger partial charge in [-0.15, -0.1) is 0 Å². The number of hydrogen-bond acceptors (Lipinski definition) is 2. The molecule has 8 aromatic carbocycles. The van der Waals surface area contributed by atoms with E-state index in [2.05, 4.69) is 378 Å². The van der Waals surface area contributed by atoms with Crippen LogP contribution in [0.2, 0.25) is 37.3 Å². The van der Waals surface area contributed by atoms with E-state index in [1.54, 1.807) is 39.0 Å². The van der Waals surface area contributed by atoms with Crippen molar-refractivity contribution in [3.05, 3.63) is 279 Å². The first-order valence-corrected chi connectivity index (χ1v) is 54.2. The van der Waals surface area contributed by atoms with Crippen LogP contribution >= 0.6 is 0 Å². The number of aryl methyl sites for hydroxylation is 4. The molecule has 0 bridgehead atoms. The minimum Gasteiger partial charge on any atom is -0.496 e. The van der Waals surface area contributed by atoms with Gasteiger partial charge in [0.25, 0.3) is 0 Å². The number of rotatable bonds is 12. The Hall–Kier alpha value is -7.77. The summed E-state index contributed by atoms with van der Waals surface area (Å²) in [6, 6.07) is 56.1. The molecule has 0 radical (unpaired) electrons. The van der Waals surface area contributed by atoms with Crippen LogP contribution in [-0.4, -0.2) is 30.4 Å². The van der Waals surface area contributed by atoms with Crippen molar-refractivity contribution >= 4 is 45.0 Å². The fourth-order valence-corrected chi connectivity index (χ4v) is 37.1. The molecule has 123 heavy (non-hydrogen) atoms. The van der Waals surface area contributed by atoms with Gasteiger partial charge in [-0.3, -0.25) is 0 Å². The highest BCUT2D eigenvalue weighted by molar-refractivity contribution is 6.82. The molecule has 3 saturated carbocycles. The second-order valence-electron chi connectivity index (χ2n) is 47.2. The van der Waals surface area contributed by atoms with Gasteiger partial charge in [0.05, 0.1) is 30.4 Å². The molecular weight excluding hydrogens is 1520 g/mol. The van der Waals surface area contributed by atoms with Crippen molar-refractivity contribution in [2.45, 2.75) is 327 Å². The Kier molecular flexibility index (Phi) is 24.9. The SMILES string of the molecule is CCC.COC1=C(c2cc(C)cc(C)c2)C2CC(C)C([Si](C)(C)C3C(C)CC4C(c5ccc(C(C)(C)C)cc5)=C5CCCC5=C(c5ccc(C(C)(C)C)cc5)C43)C2C=C1C(C)(C)C.COc1c(C(C)(C)C)cc2c(c1-c1cc(C)cc(C)c1)C=C(C)C2[Si](C)(C)C1C(C)=Cc2c(-c3ccc(C(C)(C)C)cc3)c3c(c(-c4ccc(C(C)(C)C)cc4)c21)CCC3. The summed E-state index contributed by atoms with van der Waals surface area (Å²) in [5.41, 5.74) is 49.3. The fraction of sp³-hybridized carbons (Fsp3) is 0.496. The summed E-state index contributed by atoms with van der Waals surface area (Å²) >= 11 is 0. The van der Waals surface area contributed by atoms with E-state index < -0.39 is 16.1 Å². The third kappa shape index (κ3) is 16.8. The molecule has 16 rings (SSSR count). The van der Waals surface area contributed by atoms with E-state index >= 15 is 0 Å². The zero-order valence-electron chi connectivity index (χ0n) is 83.0. The molecule has 0 aliphatic heterocycles. The molecular formula is C119H156O2Si2. The smallest absolute Gasteiger partial charge is 0.131 e. The van der Waals surface area contributed by atoms with Crippen molar-refractivity contribution < 1.29 is 9.47 Å². The van der Waals surface area contributed by atoms with Gasteiger partial charge in [0.15, 0.2) is 0 Å². The average Bonchev–Trinajstić information content (AvgIpc) is 1.55. The molecule has 8 aromatic rings. The van der Waals surface area contributed by atoms with Gasteiger partial charge in [0, 0.05) is 27.8 Å². The van der Waals surface area contributed by atoms with Crippen LogP contribution in [0, 0.1) is 68.6 Å². The Labute approximate surface area is 750 Å². The Morgan fingerprint density at radius 3 is 1.24 bits per heavy atom. The summed E-state index contributed by atoms with van der Waals surface area (Å²) < 4.78 is 13.0. The van der Waals surface area contributed by atoms with E-state index in [0.29, 0.717) is 57.7 Å². The van der Waals surface area contributed by atoms with Crippen molar-refractivity contribution in [2.75, 3.05) is 14.2 Å². The summed E-state index contributed by atoms with van der Waals surface area (Å²) in [6.45, 7) is 77.0. The lowest BCUT2D eigenvalue weighted by atomic mass is 9.69. The van der Waals surface area contributed by atoms with Gasteiger partial charge in [0.2, 0.25) is 0 Å². The average molecular weight is 1670 g/mol. The van der Waals surface area contributed by atoms with Crippen LogP contribution in [0.1, 0.15) is 322 Å². The zero-order valence-corrected chi connectivity index (χ0v) is 85.0. The molecule has 2 nitrogen and oxygen atoms in total. The molecule has 0 N–H and O–H groups in total. The summed E-state index contributed by atoms with van der Waals surface area (Å²) in [5.74, 6) is 5.57. The normalized spacial score (nSPS) is 22.7.